The SMILES string of the molecule is COc1ccc2ncc(Cl)c(CCCC3(CC(=O)O)CCN(CCOc4cc(F)ccc4F)CC3)c2c1. The maximum Gasteiger partial charge on any atom is 0.303 e. The van der Waals surface area contributed by atoms with E-state index in [1.807, 2.05) is 18.2 Å². The minimum Gasteiger partial charge on any atom is -0.497 e. The molecule has 1 saturated heterocycles. The van der Waals surface area contributed by atoms with Gasteiger partial charge in [0.1, 0.15) is 18.2 Å². The average Bonchev–Trinajstić information content (AvgIpc) is 2.88. The van der Waals surface area contributed by atoms with Gasteiger partial charge in [0.2, 0.25) is 0 Å². The summed E-state index contributed by atoms with van der Waals surface area (Å²) in [6, 6.07) is 8.84. The lowest BCUT2D eigenvalue weighted by atomic mass is 9.72. The fourth-order valence-electron chi connectivity index (χ4n) is 5.18. The zero-order valence-corrected chi connectivity index (χ0v) is 21.6. The van der Waals surface area contributed by atoms with Gasteiger partial charge >= 0.3 is 5.97 Å². The zero-order chi connectivity index (χ0) is 26.4. The van der Waals surface area contributed by atoms with E-state index in [-0.39, 0.29) is 24.2 Å². The quantitative estimate of drug-likeness (QED) is 0.320. The van der Waals surface area contributed by atoms with Gasteiger partial charge in [0.15, 0.2) is 11.6 Å². The van der Waals surface area contributed by atoms with Crippen molar-refractivity contribution in [2.24, 2.45) is 5.41 Å². The number of rotatable bonds is 11. The normalized spacial score (nSPS) is 15.6. The number of carbonyl (C=O) groups is 1. The first-order valence-corrected chi connectivity index (χ1v) is 12.8. The van der Waals surface area contributed by atoms with Crippen LogP contribution in [0.3, 0.4) is 0 Å². The fourth-order valence-corrected chi connectivity index (χ4v) is 5.43. The number of hydrogen-bond acceptors (Lipinski definition) is 5. The summed E-state index contributed by atoms with van der Waals surface area (Å²) in [4.78, 5) is 18.3. The van der Waals surface area contributed by atoms with Gasteiger partial charge < -0.3 is 14.6 Å². The summed E-state index contributed by atoms with van der Waals surface area (Å²) in [6.45, 7) is 2.22. The van der Waals surface area contributed by atoms with Crippen LogP contribution in [0.25, 0.3) is 10.9 Å². The number of fused-ring (bicyclic) bond motifs is 1. The number of pyridine rings is 1. The number of nitrogens with zero attached hydrogens (tertiary/aromatic N) is 2. The van der Waals surface area contributed by atoms with E-state index >= 15 is 0 Å². The molecule has 198 valence electrons. The van der Waals surface area contributed by atoms with E-state index in [4.69, 9.17) is 21.1 Å². The standard InChI is InChI=1S/C28H31ClF2N2O4/c1-36-20-5-7-25-22(16-20)21(23(29)18-32-25)3-2-8-28(17-27(34)35)9-11-33(12-10-28)13-14-37-26-15-19(30)4-6-24(26)31/h4-7,15-16,18H,2-3,8-14,17H2,1H3,(H,34,35). The van der Waals surface area contributed by atoms with Crippen LogP contribution < -0.4 is 9.47 Å². The second-order valence-corrected chi connectivity index (χ2v) is 10.1. The molecule has 3 aromatic rings. The molecule has 0 bridgehead atoms. The van der Waals surface area contributed by atoms with Crippen LogP contribution in [0.2, 0.25) is 5.02 Å². The molecule has 1 fully saturated rings. The number of aryl methyl sites for hydroxylation is 1. The van der Waals surface area contributed by atoms with Gasteiger partial charge in [0.25, 0.3) is 0 Å². The number of likely N-dealkylation sites (tertiary alicyclic amines) is 1. The van der Waals surface area contributed by atoms with Gasteiger partial charge in [-0.25, -0.2) is 8.78 Å². The van der Waals surface area contributed by atoms with E-state index < -0.39 is 17.6 Å². The second-order valence-electron chi connectivity index (χ2n) is 9.66. The number of benzene rings is 2. The van der Waals surface area contributed by atoms with Gasteiger partial charge in [-0.15, -0.1) is 0 Å². The number of halogens is 3. The molecule has 4 rings (SSSR count). The molecule has 0 radical (unpaired) electrons. The number of piperidine rings is 1. The van der Waals surface area contributed by atoms with Crippen LogP contribution in [-0.4, -0.2) is 54.3 Å². The van der Waals surface area contributed by atoms with E-state index in [0.29, 0.717) is 18.0 Å². The van der Waals surface area contributed by atoms with E-state index in [1.165, 1.54) is 0 Å². The topological polar surface area (TPSA) is 71.9 Å². The van der Waals surface area contributed by atoms with Crippen LogP contribution in [0.1, 0.15) is 37.7 Å². The maximum atomic E-state index is 13.8. The van der Waals surface area contributed by atoms with Crippen LogP contribution in [0.4, 0.5) is 8.78 Å². The molecule has 2 aromatic carbocycles. The summed E-state index contributed by atoms with van der Waals surface area (Å²) in [6.07, 6.45) is 5.54. The molecule has 0 spiro atoms. The highest BCUT2D eigenvalue weighted by Gasteiger charge is 2.36. The zero-order valence-electron chi connectivity index (χ0n) is 20.8. The highest BCUT2D eigenvalue weighted by atomic mass is 35.5. The lowest BCUT2D eigenvalue weighted by Crippen LogP contribution is -2.42. The third-order valence-electron chi connectivity index (χ3n) is 7.27. The number of aliphatic carboxylic acids is 1. The Kier molecular flexibility index (Phi) is 8.82. The van der Waals surface area contributed by atoms with Gasteiger partial charge in [-0.05, 0) is 86.5 Å². The van der Waals surface area contributed by atoms with Gasteiger partial charge in [-0.3, -0.25) is 14.7 Å². The Hall–Kier alpha value is -2.97. The predicted molar refractivity (Wildman–Crippen MR) is 138 cm³/mol. The van der Waals surface area contributed by atoms with Crippen molar-refractivity contribution in [2.75, 3.05) is 33.4 Å². The molecule has 0 aliphatic carbocycles. The van der Waals surface area contributed by atoms with Gasteiger partial charge in [0, 0.05) is 24.2 Å². The van der Waals surface area contributed by atoms with E-state index in [0.717, 1.165) is 79.2 Å². The Labute approximate surface area is 220 Å². The van der Waals surface area contributed by atoms with Gasteiger partial charge in [0.05, 0.1) is 24.1 Å². The first-order chi connectivity index (χ1) is 17.8. The number of hydrogen-bond donors (Lipinski definition) is 1. The van der Waals surface area contributed by atoms with Gasteiger partial charge in [-0.2, -0.15) is 0 Å². The van der Waals surface area contributed by atoms with Crippen LogP contribution in [0.5, 0.6) is 11.5 Å². The summed E-state index contributed by atoms with van der Waals surface area (Å²) in [5.41, 5.74) is 1.54. The number of methoxy groups -OCH3 is 1. The monoisotopic (exact) mass is 532 g/mol. The smallest absolute Gasteiger partial charge is 0.303 e. The largest absolute Gasteiger partial charge is 0.497 e. The summed E-state index contributed by atoms with van der Waals surface area (Å²) in [7, 11) is 1.62. The van der Waals surface area contributed by atoms with Crippen molar-refractivity contribution in [3.8, 4) is 11.5 Å². The molecule has 6 nitrogen and oxygen atoms in total. The molecule has 1 aliphatic rings. The molecule has 1 aliphatic heterocycles. The lowest BCUT2D eigenvalue weighted by molar-refractivity contribution is -0.140. The van der Waals surface area contributed by atoms with Crippen molar-refractivity contribution in [2.45, 2.75) is 38.5 Å². The summed E-state index contributed by atoms with van der Waals surface area (Å²) >= 11 is 6.51. The highest BCUT2D eigenvalue weighted by Crippen LogP contribution is 2.40. The van der Waals surface area contributed by atoms with Crippen molar-refractivity contribution in [1.82, 2.24) is 9.88 Å². The molecular weight excluding hydrogens is 502 g/mol. The fraction of sp³-hybridized carbons (Fsp3) is 0.429. The molecule has 2 heterocycles. The van der Waals surface area contributed by atoms with Crippen LogP contribution in [-0.2, 0) is 11.2 Å². The molecule has 0 saturated carbocycles. The van der Waals surface area contributed by atoms with Crippen molar-refractivity contribution < 1.29 is 28.2 Å². The van der Waals surface area contributed by atoms with E-state index in [1.54, 1.807) is 13.3 Å². The summed E-state index contributed by atoms with van der Waals surface area (Å²) in [5.74, 6) is -1.31. The molecular formula is C28H31ClF2N2O4. The minimum atomic E-state index is -0.796. The summed E-state index contributed by atoms with van der Waals surface area (Å²) < 4.78 is 37.9. The number of carboxylic acids is 1. The number of aromatic nitrogens is 1. The molecule has 1 N–H and O–H groups in total. The third-order valence-corrected chi connectivity index (χ3v) is 7.59. The molecule has 1 aromatic heterocycles. The first kappa shape index (κ1) is 27.1. The molecule has 37 heavy (non-hydrogen) atoms. The van der Waals surface area contributed by atoms with Crippen molar-refractivity contribution >= 4 is 28.5 Å². The highest BCUT2D eigenvalue weighted by molar-refractivity contribution is 6.32. The van der Waals surface area contributed by atoms with Crippen LogP contribution in [0, 0.1) is 17.0 Å². The molecule has 0 amide bonds. The van der Waals surface area contributed by atoms with Crippen LogP contribution in [0.15, 0.2) is 42.6 Å². The van der Waals surface area contributed by atoms with Gasteiger partial charge in [-0.1, -0.05) is 11.6 Å². The second kappa shape index (κ2) is 12.0. The Morgan fingerprint density at radius 1 is 1.19 bits per heavy atom. The molecule has 0 unspecified atom stereocenters. The Balaban J connectivity index is 1.35. The van der Waals surface area contributed by atoms with Crippen molar-refractivity contribution in [1.29, 1.82) is 0 Å². The first-order valence-electron chi connectivity index (χ1n) is 12.4. The molecule has 9 heteroatoms. The predicted octanol–water partition coefficient (Wildman–Crippen LogP) is 6.13. The minimum absolute atomic E-state index is 0.0999. The maximum absolute atomic E-state index is 13.8. The third kappa shape index (κ3) is 6.87. The Morgan fingerprint density at radius 2 is 1.97 bits per heavy atom. The van der Waals surface area contributed by atoms with E-state index in [2.05, 4.69) is 9.88 Å². The Bertz CT molecular complexity index is 1250. The molecule has 0 atom stereocenters. The lowest BCUT2D eigenvalue weighted by Gasteiger charge is -2.41. The van der Waals surface area contributed by atoms with Crippen molar-refractivity contribution in [3.63, 3.8) is 0 Å². The summed E-state index contributed by atoms with van der Waals surface area (Å²) in [5, 5.41) is 11.2. The number of carboxylic acid groups (broad SMARTS) is 1. The number of ether oxygens (including phenoxy) is 2. The van der Waals surface area contributed by atoms with E-state index in [9.17, 15) is 18.7 Å². The van der Waals surface area contributed by atoms with Crippen molar-refractivity contribution in [3.05, 3.63) is 64.8 Å². The Morgan fingerprint density at radius 3 is 2.70 bits per heavy atom. The van der Waals surface area contributed by atoms with Crippen LogP contribution >= 0.6 is 11.6 Å². The average molecular weight is 533 g/mol.